The molecule has 2 aliphatic rings. The van der Waals surface area contributed by atoms with E-state index in [1.165, 1.54) is 12.4 Å². The molecule has 0 saturated carbocycles. The molecule has 6 heterocycles. The smallest absolute Gasteiger partial charge is 0.177 e. The van der Waals surface area contributed by atoms with Crippen LogP contribution < -0.4 is 20.3 Å². The summed E-state index contributed by atoms with van der Waals surface area (Å²) in [6.07, 6.45) is 6.64. The van der Waals surface area contributed by atoms with E-state index < -0.39 is 0 Å². The van der Waals surface area contributed by atoms with Crippen molar-refractivity contribution in [3.8, 4) is 5.75 Å². The Kier molecular flexibility index (Phi) is 4.60. The Labute approximate surface area is 182 Å². The highest BCUT2D eigenvalue weighted by atomic mass is 19.1. The highest BCUT2D eigenvalue weighted by Gasteiger charge is 2.23. The third kappa shape index (κ3) is 3.30. The van der Waals surface area contributed by atoms with E-state index in [1.807, 2.05) is 27.7 Å². The van der Waals surface area contributed by atoms with E-state index in [0.29, 0.717) is 36.3 Å². The van der Waals surface area contributed by atoms with E-state index in [1.54, 1.807) is 6.20 Å². The van der Waals surface area contributed by atoms with E-state index in [-0.39, 0.29) is 17.4 Å². The molecule has 0 bridgehead atoms. The summed E-state index contributed by atoms with van der Waals surface area (Å²) >= 11 is 0. The Morgan fingerprint density at radius 3 is 3.03 bits per heavy atom. The van der Waals surface area contributed by atoms with Gasteiger partial charge >= 0.3 is 0 Å². The molecular weight excluding hydrogens is 413 g/mol. The molecule has 4 aromatic heterocycles. The van der Waals surface area contributed by atoms with Crippen LogP contribution in [0.3, 0.4) is 0 Å². The fourth-order valence-corrected chi connectivity index (χ4v) is 4.32. The van der Waals surface area contributed by atoms with E-state index in [9.17, 15) is 4.39 Å². The largest absolute Gasteiger partial charge is 0.488 e. The first-order valence-electron chi connectivity index (χ1n) is 10.7. The lowest BCUT2D eigenvalue weighted by Crippen LogP contribution is -2.29. The summed E-state index contributed by atoms with van der Waals surface area (Å²) in [6, 6.07) is 5.82. The van der Waals surface area contributed by atoms with Gasteiger partial charge in [0.25, 0.3) is 0 Å². The van der Waals surface area contributed by atoms with Crippen molar-refractivity contribution in [1.29, 1.82) is 0 Å². The molecule has 2 aliphatic heterocycles. The molecule has 32 heavy (non-hydrogen) atoms. The molecule has 0 aliphatic carbocycles. The van der Waals surface area contributed by atoms with Gasteiger partial charge in [-0.3, -0.25) is 5.10 Å². The third-order valence-electron chi connectivity index (χ3n) is 5.86. The van der Waals surface area contributed by atoms with E-state index in [4.69, 9.17) is 4.74 Å². The van der Waals surface area contributed by atoms with Gasteiger partial charge in [-0.2, -0.15) is 5.10 Å². The molecule has 4 aromatic rings. The summed E-state index contributed by atoms with van der Waals surface area (Å²) in [5.74, 6) is 3.00. The van der Waals surface area contributed by atoms with Crippen LogP contribution in [0.4, 0.5) is 27.7 Å². The molecule has 0 atom stereocenters. The molecule has 0 radical (unpaired) electrons. The number of nitrogens with one attached hydrogen (secondary N) is 3. The summed E-state index contributed by atoms with van der Waals surface area (Å²) in [7, 11) is 0. The Balaban J connectivity index is 1.27. The zero-order chi connectivity index (χ0) is 21.5. The molecule has 1 saturated heterocycles. The number of fused-ring (bicyclic) bond motifs is 2. The van der Waals surface area contributed by atoms with Gasteiger partial charge in [0.2, 0.25) is 0 Å². The second-order valence-corrected chi connectivity index (χ2v) is 7.88. The molecule has 3 N–H and O–H groups in total. The molecule has 10 nitrogen and oxygen atoms in total. The van der Waals surface area contributed by atoms with Crippen molar-refractivity contribution in [2.24, 2.45) is 0 Å². The second kappa shape index (κ2) is 7.75. The normalized spacial score (nSPS) is 16.7. The van der Waals surface area contributed by atoms with Gasteiger partial charge in [-0.1, -0.05) is 0 Å². The van der Waals surface area contributed by atoms with Crippen LogP contribution in [0, 0.1) is 5.82 Å². The Morgan fingerprint density at radius 2 is 2.12 bits per heavy atom. The van der Waals surface area contributed by atoms with E-state index >= 15 is 0 Å². The fraction of sp³-hybridized carbons (Fsp3) is 0.333. The monoisotopic (exact) mass is 435 g/mol. The van der Waals surface area contributed by atoms with Gasteiger partial charge in [0, 0.05) is 24.5 Å². The molecule has 0 unspecified atom stereocenters. The molecular formula is C21H22FN9O. The number of rotatable bonds is 4. The number of nitrogens with zero attached hydrogens (tertiary/aromatic N) is 6. The van der Waals surface area contributed by atoms with Crippen LogP contribution in [0.15, 0.2) is 36.8 Å². The van der Waals surface area contributed by atoms with Crippen LogP contribution in [-0.4, -0.2) is 56.0 Å². The average Bonchev–Trinajstić information content (AvgIpc) is 3.43. The summed E-state index contributed by atoms with van der Waals surface area (Å²) < 4.78 is 22.0. The second-order valence-electron chi connectivity index (χ2n) is 7.88. The Hall–Kier alpha value is -3.73. The average molecular weight is 435 g/mol. The number of aromatic amines is 1. The highest BCUT2D eigenvalue weighted by Crippen LogP contribution is 2.34. The van der Waals surface area contributed by atoms with Crippen molar-refractivity contribution < 1.29 is 9.13 Å². The lowest BCUT2D eigenvalue weighted by molar-refractivity contribution is 0.311. The SMILES string of the molecule is Fc1cn(C2CCNCC2)c2nc(Nc3cc(N4CCOc5cccnc54)n[nH]3)cnc12. The van der Waals surface area contributed by atoms with Crippen LogP contribution in [0.5, 0.6) is 5.75 Å². The van der Waals surface area contributed by atoms with Crippen molar-refractivity contribution in [1.82, 2.24) is 35.0 Å². The number of pyridine rings is 1. The van der Waals surface area contributed by atoms with Crippen LogP contribution in [0.25, 0.3) is 11.2 Å². The zero-order valence-electron chi connectivity index (χ0n) is 17.3. The van der Waals surface area contributed by atoms with Crippen molar-refractivity contribution in [3.63, 3.8) is 0 Å². The van der Waals surface area contributed by atoms with Crippen LogP contribution in [0.1, 0.15) is 18.9 Å². The van der Waals surface area contributed by atoms with Crippen molar-refractivity contribution in [2.45, 2.75) is 18.9 Å². The van der Waals surface area contributed by atoms with Gasteiger partial charge in [0.15, 0.2) is 34.7 Å². The van der Waals surface area contributed by atoms with Crippen molar-refractivity contribution in [3.05, 3.63) is 42.6 Å². The maximum atomic E-state index is 14.5. The topological polar surface area (TPSA) is 109 Å². The summed E-state index contributed by atoms with van der Waals surface area (Å²) in [6.45, 7) is 3.01. The molecule has 0 aromatic carbocycles. The van der Waals surface area contributed by atoms with Crippen molar-refractivity contribution in [2.75, 3.05) is 36.5 Å². The number of hydrogen-bond donors (Lipinski definition) is 3. The number of H-pyrrole nitrogens is 1. The minimum absolute atomic E-state index is 0.209. The van der Waals surface area contributed by atoms with Crippen LogP contribution in [0.2, 0.25) is 0 Å². The molecule has 0 amide bonds. The standard InChI is InChI=1S/C21H22FN9O/c22-14-12-31(13-3-6-23-7-4-13)21-19(14)25-11-17(27-21)26-16-10-18(29-28-16)30-8-9-32-15-2-1-5-24-20(15)30/h1-2,5,10-13,23H,3-4,6-9H2,(H2,26,27,28,29). The first-order chi connectivity index (χ1) is 15.8. The van der Waals surface area contributed by atoms with Crippen LogP contribution in [-0.2, 0) is 0 Å². The summed E-state index contributed by atoms with van der Waals surface area (Å²) in [4.78, 5) is 15.4. The predicted molar refractivity (Wildman–Crippen MR) is 117 cm³/mol. The van der Waals surface area contributed by atoms with Gasteiger partial charge in [0.1, 0.15) is 17.9 Å². The highest BCUT2D eigenvalue weighted by molar-refractivity contribution is 5.75. The number of piperidine rings is 1. The minimum Gasteiger partial charge on any atom is -0.488 e. The summed E-state index contributed by atoms with van der Waals surface area (Å²) in [5.41, 5.74) is 0.834. The maximum Gasteiger partial charge on any atom is 0.177 e. The Bertz CT molecular complexity index is 1260. The number of anilines is 4. The number of aromatic nitrogens is 6. The van der Waals surface area contributed by atoms with Gasteiger partial charge in [-0.15, -0.1) is 0 Å². The molecule has 6 rings (SSSR count). The number of ether oxygens (including phenoxy) is 1. The first-order valence-corrected chi connectivity index (χ1v) is 10.7. The van der Waals surface area contributed by atoms with Crippen molar-refractivity contribution >= 4 is 34.4 Å². The van der Waals surface area contributed by atoms with Crippen LogP contribution >= 0.6 is 0 Å². The maximum absolute atomic E-state index is 14.5. The quantitative estimate of drug-likeness (QED) is 0.449. The third-order valence-corrected chi connectivity index (χ3v) is 5.86. The Morgan fingerprint density at radius 1 is 1.22 bits per heavy atom. The van der Waals surface area contributed by atoms with Gasteiger partial charge < -0.3 is 24.8 Å². The molecule has 1 fully saturated rings. The molecule has 164 valence electrons. The zero-order valence-corrected chi connectivity index (χ0v) is 17.3. The summed E-state index contributed by atoms with van der Waals surface area (Å²) in [5, 5.41) is 13.9. The lowest BCUT2D eigenvalue weighted by atomic mass is 10.1. The van der Waals surface area contributed by atoms with Gasteiger partial charge in [-0.25, -0.2) is 19.3 Å². The number of hydrogen-bond acceptors (Lipinski definition) is 8. The molecule has 0 spiro atoms. The fourth-order valence-electron chi connectivity index (χ4n) is 4.32. The van der Waals surface area contributed by atoms with E-state index in [2.05, 4.69) is 35.8 Å². The van der Waals surface area contributed by atoms with E-state index in [0.717, 1.165) is 37.5 Å². The first kappa shape index (κ1) is 19.0. The lowest BCUT2D eigenvalue weighted by Gasteiger charge is -2.27. The predicted octanol–water partition coefficient (Wildman–Crippen LogP) is 2.89. The van der Waals surface area contributed by atoms with Gasteiger partial charge in [-0.05, 0) is 38.1 Å². The number of halogens is 1. The van der Waals surface area contributed by atoms with Gasteiger partial charge in [0.05, 0.1) is 12.7 Å². The molecule has 11 heteroatoms. The minimum atomic E-state index is -0.347.